The van der Waals surface area contributed by atoms with E-state index in [2.05, 4.69) is 22.4 Å². The van der Waals surface area contributed by atoms with E-state index in [-0.39, 0.29) is 29.9 Å². The molecule has 3 fully saturated rings. The van der Waals surface area contributed by atoms with Crippen LogP contribution in [-0.4, -0.2) is 68.1 Å². The lowest BCUT2D eigenvalue weighted by molar-refractivity contribution is -0.142. The summed E-state index contributed by atoms with van der Waals surface area (Å²) in [5.74, 6) is 1.19. The van der Waals surface area contributed by atoms with Crippen LogP contribution in [-0.2, 0) is 14.9 Å². The summed E-state index contributed by atoms with van der Waals surface area (Å²) < 4.78 is 17.4. The fraction of sp³-hybridized carbons (Fsp3) is 0.609. The molecule has 7 heteroatoms. The largest absolute Gasteiger partial charge is 0.493 e. The molecule has 1 saturated carbocycles. The van der Waals surface area contributed by atoms with Crippen LogP contribution in [0.3, 0.4) is 0 Å². The molecule has 7 nitrogen and oxygen atoms in total. The van der Waals surface area contributed by atoms with Gasteiger partial charge in [-0.3, -0.25) is 9.69 Å². The van der Waals surface area contributed by atoms with Gasteiger partial charge < -0.3 is 24.6 Å². The van der Waals surface area contributed by atoms with Gasteiger partial charge in [0, 0.05) is 41.7 Å². The number of fused-ring (bicyclic) bond motifs is 2. The summed E-state index contributed by atoms with van der Waals surface area (Å²) in [4.78, 5) is 14.3. The summed E-state index contributed by atoms with van der Waals surface area (Å²) in [6.45, 7) is 2.55. The van der Waals surface area contributed by atoms with Gasteiger partial charge >= 0.3 is 5.97 Å². The Morgan fingerprint density at radius 3 is 2.90 bits per heavy atom. The maximum atomic E-state index is 11.7. The van der Waals surface area contributed by atoms with Gasteiger partial charge in [0.25, 0.3) is 0 Å². The van der Waals surface area contributed by atoms with Crippen molar-refractivity contribution in [2.75, 3.05) is 39.2 Å². The van der Waals surface area contributed by atoms with Crippen molar-refractivity contribution in [3.63, 3.8) is 0 Å². The highest BCUT2D eigenvalue weighted by Crippen LogP contribution is 2.63. The quantitative estimate of drug-likeness (QED) is 0.735. The van der Waals surface area contributed by atoms with E-state index >= 15 is 0 Å². The predicted octanol–water partition coefficient (Wildman–Crippen LogP) is 2.26. The lowest BCUT2D eigenvalue weighted by Gasteiger charge is -2.55. The monoisotopic (exact) mass is 412 g/mol. The summed E-state index contributed by atoms with van der Waals surface area (Å²) in [5.41, 5.74) is 3.77. The highest BCUT2D eigenvalue weighted by Gasteiger charge is 2.67. The normalized spacial score (nSPS) is 38.1. The van der Waals surface area contributed by atoms with Crippen molar-refractivity contribution in [3.05, 3.63) is 29.3 Å². The van der Waals surface area contributed by atoms with Crippen LogP contribution in [0.2, 0.25) is 0 Å². The Morgan fingerprint density at radius 1 is 1.33 bits per heavy atom. The summed E-state index contributed by atoms with van der Waals surface area (Å²) in [6, 6.07) is 4.80. The van der Waals surface area contributed by atoms with Crippen LogP contribution in [0.5, 0.6) is 11.5 Å². The first-order valence-corrected chi connectivity index (χ1v) is 10.9. The Balaban J connectivity index is 1.52. The smallest absolute Gasteiger partial charge is 0.305 e. The molecule has 4 aliphatic heterocycles. The molecule has 30 heavy (non-hydrogen) atoms. The molecular formula is C23H28N2O5. The SMILES string of the molecule is COc1cc2c(cc1OC)[C@]13CCN4CC5=CCO[C@@H](CC(=O)O)[C@H]([C@H]5C[C@H]41)[C@@H]3N2. The van der Waals surface area contributed by atoms with E-state index in [1.807, 2.05) is 6.07 Å². The van der Waals surface area contributed by atoms with Gasteiger partial charge in [0.05, 0.1) is 33.4 Å². The summed E-state index contributed by atoms with van der Waals surface area (Å²) in [5, 5.41) is 13.4. The van der Waals surface area contributed by atoms with E-state index in [9.17, 15) is 9.90 Å². The van der Waals surface area contributed by atoms with Crippen molar-refractivity contribution in [3.8, 4) is 11.5 Å². The number of rotatable bonds is 4. The van der Waals surface area contributed by atoms with Crippen LogP contribution in [0, 0.1) is 11.8 Å². The summed E-state index contributed by atoms with van der Waals surface area (Å²) in [6.07, 6.45) is 4.11. The minimum Gasteiger partial charge on any atom is -0.493 e. The Kier molecular flexibility index (Phi) is 3.93. The van der Waals surface area contributed by atoms with Gasteiger partial charge in [-0.25, -0.2) is 0 Å². The molecule has 2 bridgehead atoms. The van der Waals surface area contributed by atoms with E-state index in [0.717, 1.165) is 43.1 Å². The third kappa shape index (κ3) is 2.25. The molecule has 1 aromatic carbocycles. The first kappa shape index (κ1) is 18.5. The molecule has 1 aliphatic carbocycles. The minimum atomic E-state index is -0.790. The Labute approximate surface area is 176 Å². The van der Waals surface area contributed by atoms with Crippen LogP contribution in [0.25, 0.3) is 0 Å². The number of hydrogen-bond acceptors (Lipinski definition) is 6. The molecule has 0 amide bonds. The van der Waals surface area contributed by atoms with Crippen molar-refractivity contribution in [1.29, 1.82) is 0 Å². The van der Waals surface area contributed by atoms with Crippen LogP contribution in [0.1, 0.15) is 24.8 Å². The average Bonchev–Trinajstić information content (AvgIpc) is 3.21. The molecule has 2 N–H and O–H groups in total. The second kappa shape index (κ2) is 6.37. The highest BCUT2D eigenvalue weighted by molar-refractivity contribution is 5.71. The van der Waals surface area contributed by atoms with Crippen molar-refractivity contribution in [2.45, 2.75) is 42.9 Å². The number of piperidine rings is 1. The number of benzene rings is 1. The number of nitrogens with zero attached hydrogens (tertiary/aromatic N) is 1. The van der Waals surface area contributed by atoms with Crippen molar-refractivity contribution >= 4 is 11.7 Å². The second-order valence-electron chi connectivity index (χ2n) is 9.32. The molecule has 0 unspecified atom stereocenters. The standard InChI is InChI=1S/C23H28N2O5/c1-28-16-8-14-15(9-17(16)29-2)24-22-21-13-7-19-23(14,22)4-5-25(19)11-12(13)3-6-30-18(21)10-20(26)27/h3,8-9,13,18-19,21-22,24H,4-7,10-11H2,1-2H3,(H,26,27)/t13-,18-,19-,21-,22-,23+/m0/s1. The van der Waals surface area contributed by atoms with Gasteiger partial charge in [-0.1, -0.05) is 11.6 Å². The molecular weight excluding hydrogens is 384 g/mol. The van der Waals surface area contributed by atoms with E-state index in [1.165, 1.54) is 11.1 Å². The molecule has 160 valence electrons. The van der Waals surface area contributed by atoms with Gasteiger partial charge in [-0.15, -0.1) is 0 Å². The average molecular weight is 412 g/mol. The first-order valence-electron chi connectivity index (χ1n) is 10.9. The number of carboxylic acids is 1. The van der Waals surface area contributed by atoms with Gasteiger partial charge in [-0.2, -0.15) is 0 Å². The minimum absolute atomic E-state index is 0.0495. The fourth-order valence-electron chi connectivity index (χ4n) is 7.32. The topological polar surface area (TPSA) is 80.3 Å². The second-order valence-corrected chi connectivity index (χ2v) is 9.32. The van der Waals surface area contributed by atoms with Crippen molar-refractivity contribution < 1.29 is 24.1 Å². The van der Waals surface area contributed by atoms with E-state index in [0.29, 0.717) is 18.6 Å². The molecule has 2 saturated heterocycles. The predicted molar refractivity (Wildman–Crippen MR) is 110 cm³/mol. The molecule has 1 aromatic rings. The number of ether oxygens (including phenoxy) is 3. The summed E-state index contributed by atoms with van der Waals surface area (Å²) >= 11 is 0. The lowest BCUT2D eigenvalue weighted by Crippen LogP contribution is -2.64. The molecule has 1 spiro atoms. The highest BCUT2D eigenvalue weighted by atomic mass is 16.5. The Hall–Kier alpha value is -2.25. The molecule has 5 aliphatic rings. The number of methoxy groups -OCH3 is 2. The number of hydrogen-bond donors (Lipinski definition) is 2. The number of aliphatic carboxylic acids is 1. The van der Waals surface area contributed by atoms with Crippen molar-refractivity contribution in [1.82, 2.24) is 4.90 Å². The Morgan fingerprint density at radius 2 is 2.13 bits per heavy atom. The van der Waals surface area contributed by atoms with Gasteiger partial charge in [0.15, 0.2) is 11.5 Å². The van der Waals surface area contributed by atoms with Crippen LogP contribution < -0.4 is 14.8 Å². The van der Waals surface area contributed by atoms with Crippen LogP contribution in [0.15, 0.2) is 23.8 Å². The van der Waals surface area contributed by atoms with Gasteiger partial charge in [0.2, 0.25) is 0 Å². The van der Waals surface area contributed by atoms with Crippen LogP contribution >= 0.6 is 0 Å². The molecule has 4 heterocycles. The van der Waals surface area contributed by atoms with E-state index in [4.69, 9.17) is 14.2 Å². The van der Waals surface area contributed by atoms with Gasteiger partial charge in [0.1, 0.15) is 0 Å². The first-order chi connectivity index (χ1) is 14.6. The molecule has 6 atom stereocenters. The number of nitrogens with one attached hydrogen (secondary N) is 1. The number of carboxylic acid groups (broad SMARTS) is 1. The third-order valence-corrected chi connectivity index (χ3v) is 8.39. The Bertz CT molecular complexity index is 946. The van der Waals surface area contributed by atoms with Crippen LogP contribution in [0.4, 0.5) is 5.69 Å². The zero-order valence-electron chi connectivity index (χ0n) is 17.4. The van der Waals surface area contributed by atoms with E-state index < -0.39 is 5.97 Å². The lowest BCUT2D eigenvalue weighted by atomic mass is 9.54. The fourth-order valence-corrected chi connectivity index (χ4v) is 7.32. The van der Waals surface area contributed by atoms with Gasteiger partial charge in [-0.05, 0) is 36.9 Å². The zero-order chi connectivity index (χ0) is 20.6. The zero-order valence-corrected chi connectivity index (χ0v) is 17.4. The molecule has 0 radical (unpaired) electrons. The molecule has 0 aromatic heterocycles. The third-order valence-electron chi connectivity index (χ3n) is 8.39. The van der Waals surface area contributed by atoms with Crippen molar-refractivity contribution in [2.24, 2.45) is 11.8 Å². The maximum absolute atomic E-state index is 11.7. The number of carbonyl (C=O) groups is 1. The molecule has 6 rings (SSSR count). The summed E-state index contributed by atoms with van der Waals surface area (Å²) in [7, 11) is 3.34. The van der Waals surface area contributed by atoms with E-state index in [1.54, 1.807) is 14.2 Å². The maximum Gasteiger partial charge on any atom is 0.305 e. The number of anilines is 1.